The number of hydrogen-bond acceptors (Lipinski definition) is 4. The minimum Gasteiger partial charge on any atom is -0.383 e. The fourth-order valence-corrected chi connectivity index (χ4v) is 1.52. The maximum absolute atomic E-state index is 5.79. The quantitative estimate of drug-likeness (QED) is 0.755. The normalized spacial score (nSPS) is 16.7. The van der Waals surface area contributed by atoms with Crippen molar-refractivity contribution in [2.75, 3.05) is 18.8 Å². The number of hydrogen-bond donors (Lipinski definition) is 1. The molecule has 0 aliphatic carbocycles. The molecule has 1 aliphatic heterocycles. The van der Waals surface area contributed by atoms with E-state index in [-0.39, 0.29) is 0 Å². The van der Waals surface area contributed by atoms with Crippen molar-refractivity contribution in [2.45, 2.75) is 26.8 Å². The zero-order valence-corrected chi connectivity index (χ0v) is 8.75. The van der Waals surface area contributed by atoms with Crippen LogP contribution in [0.3, 0.4) is 0 Å². The van der Waals surface area contributed by atoms with Crippen molar-refractivity contribution < 1.29 is 0 Å². The average molecular weight is 192 g/mol. The van der Waals surface area contributed by atoms with Crippen LogP contribution in [0.5, 0.6) is 0 Å². The number of nitrogens with two attached hydrogens (primary N) is 1. The monoisotopic (exact) mass is 192 g/mol. The molecule has 0 spiro atoms. The van der Waals surface area contributed by atoms with Crippen molar-refractivity contribution in [2.24, 2.45) is 0 Å². The van der Waals surface area contributed by atoms with Gasteiger partial charge in [-0.1, -0.05) is 0 Å². The number of nitrogen functional groups attached to an aromatic ring is 1. The summed E-state index contributed by atoms with van der Waals surface area (Å²) in [5.41, 5.74) is 7.78. The van der Waals surface area contributed by atoms with E-state index in [2.05, 4.69) is 14.9 Å². The molecule has 4 nitrogen and oxygen atoms in total. The third-order valence-corrected chi connectivity index (χ3v) is 2.79. The van der Waals surface area contributed by atoms with Gasteiger partial charge in [0.15, 0.2) is 0 Å². The molecule has 4 heteroatoms. The molecule has 0 saturated carbocycles. The molecule has 1 aromatic rings. The van der Waals surface area contributed by atoms with Crippen molar-refractivity contribution >= 4 is 5.82 Å². The first kappa shape index (κ1) is 9.40. The maximum Gasteiger partial charge on any atom is 0.144 e. The predicted molar refractivity (Wildman–Crippen MR) is 55.8 cm³/mol. The van der Waals surface area contributed by atoms with Crippen LogP contribution in [0.25, 0.3) is 0 Å². The van der Waals surface area contributed by atoms with Gasteiger partial charge in [0.05, 0.1) is 6.54 Å². The first-order valence-corrected chi connectivity index (χ1v) is 4.99. The van der Waals surface area contributed by atoms with Crippen LogP contribution in [0, 0.1) is 13.8 Å². The van der Waals surface area contributed by atoms with E-state index in [1.807, 2.05) is 13.8 Å². The number of nitrogens with zero attached hydrogens (tertiary/aromatic N) is 3. The Morgan fingerprint density at radius 2 is 2.00 bits per heavy atom. The third-order valence-electron chi connectivity index (χ3n) is 2.79. The topological polar surface area (TPSA) is 55.0 Å². The Bertz CT molecular complexity index is 321. The second kappa shape index (κ2) is 3.53. The van der Waals surface area contributed by atoms with Gasteiger partial charge in [-0.15, -0.1) is 0 Å². The fourth-order valence-electron chi connectivity index (χ4n) is 1.52. The highest BCUT2D eigenvalue weighted by atomic mass is 15.2. The van der Waals surface area contributed by atoms with Crippen molar-refractivity contribution in [1.82, 2.24) is 14.9 Å². The lowest BCUT2D eigenvalue weighted by Gasteiger charge is -2.29. The molecule has 0 amide bonds. The largest absolute Gasteiger partial charge is 0.383 e. The first-order valence-electron chi connectivity index (χ1n) is 4.99. The Hall–Kier alpha value is -1.16. The molecule has 0 bridgehead atoms. The van der Waals surface area contributed by atoms with E-state index in [0.717, 1.165) is 36.7 Å². The number of likely N-dealkylation sites (tertiary alicyclic amines) is 1. The van der Waals surface area contributed by atoms with Crippen molar-refractivity contribution in [3.63, 3.8) is 0 Å². The molecule has 1 fully saturated rings. The Morgan fingerprint density at radius 1 is 1.29 bits per heavy atom. The molecule has 0 aromatic carbocycles. The summed E-state index contributed by atoms with van der Waals surface area (Å²) in [4.78, 5) is 11.0. The van der Waals surface area contributed by atoms with Gasteiger partial charge in [0.1, 0.15) is 11.6 Å². The van der Waals surface area contributed by atoms with E-state index in [4.69, 9.17) is 5.73 Å². The van der Waals surface area contributed by atoms with E-state index >= 15 is 0 Å². The van der Waals surface area contributed by atoms with Crippen LogP contribution in [0.15, 0.2) is 0 Å². The molecule has 2 heterocycles. The third kappa shape index (κ3) is 1.70. The summed E-state index contributed by atoms with van der Waals surface area (Å²) in [6.07, 6.45) is 1.29. The number of aromatic nitrogens is 2. The highest BCUT2D eigenvalue weighted by Crippen LogP contribution is 2.14. The van der Waals surface area contributed by atoms with Crippen LogP contribution < -0.4 is 5.73 Å². The van der Waals surface area contributed by atoms with E-state index < -0.39 is 0 Å². The Kier molecular flexibility index (Phi) is 2.37. The van der Waals surface area contributed by atoms with Gasteiger partial charge in [0.25, 0.3) is 0 Å². The van der Waals surface area contributed by atoms with Crippen LogP contribution in [0.2, 0.25) is 0 Å². The minimum atomic E-state index is 0.619. The van der Waals surface area contributed by atoms with Crippen LogP contribution in [-0.4, -0.2) is 28.0 Å². The second-order valence-electron chi connectivity index (χ2n) is 3.87. The second-order valence-corrected chi connectivity index (χ2v) is 3.87. The summed E-state index contributed by atoms with van der Waals surface area (Å²) >= 11 is 0. The predicted octanol–water partition coefficient (Wildman–Crippen LogP) is 0.881. The fraction of sp³-hybridized carbons (Fsp3) is 0.600. The molecule has 1 aliphatic rings. The summed E-state index contributed by atoms with van der Waals surface area (Å²) < 4.78 is 0. The zero-order valence-electron chi connectivity index (χ0n) is 8.75. The number of rotatable bonds is 2. The van der Waals surface area contributed by atoms with Crippen LogP contribution in [-0.2, 0) is 6.54 Å². The number of anilines is 1. The zero-order chi connectivity index (χ0) is 10.1. The summed E-state index contributed by atoms with van der Waals surface area (Å²) in [5, 5.41) is 0. The molecule has 76 valence electrons. The Morgan fingerprint density at radius 3 is 2.50 bits per heavy atom. The maximum atomic E-state index is 5.79. The van der Waals surface area contributed by atoms with E-state index in [9.17, 15) is 0 Å². The Balaban J connectivity index is 2.17. The van der Waals surface area contributed by atoms with Gasteiger partial charge < -0.3 is 5.73 Å². The van der Waals surface area contributed by atoms with Gasteiger partial charge in [-0.3, -0.25) is 4.90 Å². The molecule has 1 saturated heterocycles. The summed E-state index contributed by atoms with van der Waals surface area (Å²) in [6.45, 7) is 7.10. The summed E-state index contributed by atoms with van der Waals surface area (Å²) in [5.74, 6) is 1.47. The molecular formula is C10H16N4. The van der Waals surface area contributed by atoms with Gasteiger partial charge in [0, 0.05) is 11.3 Å². The highest BCUT2D eigenvalue weighted by molar-refractivity contribution is 5.40. The van der Waals surface area contributed by atoms with Gasteiger partial charge in [-0.05, 0) is 33.4 Å². The minimum absolute atomic E-state index is 0.619. The first-order chi connectivity index (χ1) is 6.66. The summed E-state index contributed by atoms with van der Waals surface area (Å²) in [7, 11) is 0. The lowest BCUT2D eigenvalue weighted by molar-refractivity contribution is 0.168. The van der Waals surface area contributed by atoms with Crippen molar-refractivity contribution in [3.8, 4) is 0 Å². The molecule has 2 N–H and O–H groups in total. The van der Waals surface area contributed by atoms with Crippen LogP contribution in [0.1, 0.15) is 23.5 Å². The van der Waals surface area contributed by atoms with Gasteiger partial charge in [0.2, 0.25) is 0 Å². The van der Waals surface area contributed by atoms with E-state index in [1.54, 1.807) is 0 Å². The molecule has 1 aromatic heterocycles. The SMILES string of the molecule is Cc1nc(CN2CCC2)nc(N)c1C. The molecule has 0 radical (unpaired) electrons. The van der Waals surface area contributed by atoms with E-state index in [0.29, 0.717) is 5.82 Å². The summed E-state index contributed by atoms with van der Waals surface area (Å²) in [6, 6.07) is 0. The standard InChI is InChI=1S/C10H16N4/c1-7-8(2)12-9(13-10(7)11)6-14-4-3-5-14/h3-6H2,1-2H3,(H2,11,12,13). The lowest BCUT2D eigenvalue weighted by Crippen LogP contribution is -2.37. The molecule has 0 atom stereocenters. The van der Waals surface area contributed by atoms with E-state index in [1.165, 1.54) is 6.42 Å². The van der Waals surface area contributed by atoms with Crippen LogP contribution >= 0.6 is 0 Å². The molecule has 0 unspecified atom stereocenters. The van der Waals surface area contributed by atoms with Gasteiger partial charge in [-0.2, -0.15) is 0 Å². The lowest BCUT2D eigenvalue weighted by atomic mass is 10.2. The van der Waals surface area contributed by atoms with Crippen LogP contribution in [0.4, 0.5) is 5.82 Å². The Labute approximate surface area is 84.2 Å². The van der Waals surface area contributed by atoms with Gasteiger partial charge in [-0.25, -0.2) is 9.97 Å². The van der Waals surface area contributed by atoms with Crippen molar-refractivity contribution in [3.05, 3.63) is 17.1 Å². The van der Waals surface area contributed by atoms with Crippen molar-refractivity contribution in [1.29, 1.82) is 0 Å². The average Bonchev–Trinajstić information content (AvgIpc) is 2.07. The smallest absolute Gasteiger partial charge is 0.144 e. The molecule has 14 heavy (non-hydrogen) atoms. The molecule has 2 rings (SSSR count). The van der Waals surface area contributed by atoms with Gasteiger partial charge >= 0.3 is 0 Å². The highest BCUT2D eigenvalue weighted by Gasteiger charge is 2.16. The molecular weight excluding hydrogens is 176 g/mol. The number of aryl methyl sites for hydroxylation is 1.